The third-order valence-corrected chi connectivity index (χ3v) is 5.01. The normalized spacial score (nSPS) is 13.3. The lowest BCUT2D eigenvalue weighted by Crippen LogP contribution is -2.36. The summed E-state index contributed by atoms with van der Waals surface area (Å²) in [5, 5.41) is 6.13. The average Bonchev–Trinajstić information content (AvgIpc) is 2.84. The number of benzene rings is 2. The van der Waals surface area contributed by atoms with Gasteiger partial charge in [0.15, 0.2) is 6.61 Å². The van der Waals surface area contributed by atoms with E-state index in [0.717, 1.165) is 24.6 Å². The Morgan fingerprint density at radius 3 is 2.52 bits per heavy atom. The Kier molecular flexibility index (Phi) is 7.21. The SMILES string of the molecule is COc1cccc(OCC(=O)Nc2ccc(Nc3cc(N4CCOCC4)nc(C)n3)cc2)c1. The summed E-state index contributed by atoms with van der Waals surface area (Å²) >= 11 is 0. The molecule has 4 rings (SSSR count). The van der Waals surface area contributed by atoms with E-state index in [1.54, 1.807) is 25.3 Å². The number of nitrogens with zero attached hydrogens (tertiary/aromatic N) is 3. The summed E-state index contributed by atoms with van der Waals surface area (Å²) in [7, 11) is 1.58. The highest BCUT2D eigenvalue weighted by Gasteiger charge is 2.14. The van der Waals surface area contributed by atoms with Crippen LogP contribution in [0, 0.1) is 6.92 Å². The van der Waals surface area contributed by atoms with E-state index in [1.165, 1.54) is 0 Å². The minimum Gasteiger partial charge on any atom is -0.497 e. The second-order valence-electron chi connectivity index (χ2n) is 7.48. The number of hydrogen-bond donors (Lipinski definition) is 2. The highest BCUT2D eigenvalue weighted by Crippen LogP contribution is 2.22. The molecule has 1 saturated heterocycles. The fraction of sp³-hybridized carbons (Fsp3) is 0.292. The summed E-state index contributed by atoms with van der Waals surface area (Å²) in [5.41, 5.74) is 1.53. The molecule has 1 amide bonds. The van der Waals surface area contributed by atoms with Crippen LogP contribution in [0.4, 0.5) is 23.0 Å². The zero-order chi connectivity index (χ0) is 23.0. The third kappa shape index (κ3) is 6.33. The van der Waals surface area contributed by atoms with Gasteiger partial charge in [0.1, 0.15) is 29.0 Å². The fourth-order valence-electron chi connectivity index (χ4n) is 3.39. The van der Waals surface area contributed by atoms with E-state index < -0.39 is 0 Å². The maximum atomic E-state index is 12.2. The van der Waals surface area contributed by atoms with E-state index >= 15 is 0 Å². The molecule has 2 N–H and O–H groups in total. The number of aryl methyl sites for hydroxylation is 1. The van der Waals surface area contributed by atoms with Crippen molar-refractivity contribution in [3.8, 4) is 11.5 Å². The first kappa shape index (κ1) is 22.3. The van der Waals surface area contributed by atoms with Gasteiger partial charge in [-0.1, -0.05) is 6.07 Å². The van der Waals surface area contributed by atoms with Crippen LogP contribution in [0.15, 0.2) is 54.6 Å². The largest absolute Gasteiger partial charge is 0.497 e. The number of ether oxygens (including phenoxy) is 3. The molecule has 0 unspecified atom stereocenters. The van der Waals surface area contributed by atoms with Gasteiger partial charge in [0.25, 0.3) is 5.91 Å². The molecule has 9 heteroatoms. The van der Waals surface area contributed by atoms with Crippen molar-refractivity contribution in [2.45, 2.75) is 6.92 Å². The minimum absolute atomic E-state index is 0.0995. The van der Waals surface area contributed by atoms with Crippen LogP contribution in [0.25, 0.3) is 0 Å². The van der Waals surface area contributed by atoms with E-state index in [4.69, 9.17) is 14.2 Å². The first-order chi connectivity index (χ1) is 16.1. The molecule has 33 heavy (non-hydrogen) atoms. The minimum atomic E-state index is -0.250. The Hall–Kier alpha value is -3.85. The van der Waals surface area contributed by atoms with Crippen LogP contribution >= 0.6 is 0 Å². The Morgan fingerprint density at radius 2 is 1.76 bits per heavy atom. The van der Waals surface area contributed by atoms with Crippen molar-refractivity contribution in [3.05, 3.63) is 60.4 Å². The molecule has 3 aromatic rings. The molecule has 0 aliphatic carbocycles. The molecule has 0 bridgehead atoms. The standard InChI is InChI=1S/C24H27N5O4/c1-17-25-22(15-23(26-17)29-10-12-32-13-11-29)27-18-6-8-19(9-7-18)28-24(30)16-33-21-5-3-4-20(14-21)31-2/h3-9,14-15H,10-13,16H2,1-2H3,(H,28,30)(H,25,26,27). The fourth-order valence-corrected chi connectivity index (χ4v) is 3.39. The summed E-state index contributed by atoms with van der Waals surface area (Å²) in [6, 6.07) is 16.5. The molecule has 1 aliphatic rings. The number of amides is 1. The number of methoxy groups -OCH3 is 1. The van der Waals surface area contributed by atoms with E-state index in [-0.39, 0.29) is 12.5 Å². The predicted octanol–water partition coefficient (Wildman–Crippen LogP) is 3.39. The van der Waals surface area contributed by atoms with Crippen molar-refractivity contribution in [3.63, 3.8) is 0 Å². The number of hydrogen-bond acceptors (Lipinski definition) is 8. The summed E-state index contributed by atoms with van der Waals surface area (Å²) in [5.74, 6) is 3.29. The Bertz CT molecular complexity index is 1080. The zero-order valence-corrected chi connectivity index (χ0v) is 18.7. The van der Waals surface area contributed by atoms with E-state index in [2.05, 4.69) is 25.5 Å². The summed E-state index contributed by atoms with van der Waals surface area (Å²) in [4.78, 5) is 23.5. The highest BCUT2D eigenvalue weighted by atomic mass is 16.5. The van der Waals surface area contributed by atoms with Crippen molar-refractivity contribution >= 4 is 28.9 Å². The van der Waals surface area contributed by atoms with E-state index in [9.17, 15) is 4.79 Å². The first-order valence-corrected chi connectivity index (χ1v) is 10.7. The Balaban J connectivity index is 1.32. The molecule has 1 aromatic heterocycles. The van der Waals surface area contributed by atoms with Crippen molar-refractivity contribution < 1.29 is 19.0 Å². The molecule has 0 radical (unpaired) electrons. The predicted molar refractivity (Wildman–Crippen MR) is 127 cm³/mol. The molecule has 9 nitrogen and oxygen atoms in total. The van der Waals surface area contributed by atoms with Gasteiger partial charge in [-0.3, -0.25) is 4.79 Å². The molecule has 1 aliphatic heterocycles. The van der Waals surface area contributed by atoms with Gasteiger partial charge in [0.05, 0.1) is 20.3 Å². The molecular formula is C24H27N5O4. The summed E-state index contributed by atoms with van der Waals surface area (Å²) in [6.45, 7) is 4.80. The van der Waals surface area contributed by atoms with Gasteiger partial charge in [-0.05, 0) is 43.3 Å². The van der Waals surface area contributed by atoms with Gasteiger partial charge in [-0.25, -0.2) is 9.97 Å². The van der Waals surface area contributed by atoms with Crippen LogP contribution in [0.2, 0.25) is 0 Å². The topological polar surface area (TPSA) is 97.8 Å². The monoisotopic (exact) mass is 449 g/mol. The van der Waals surface area contributed by atoms with Crippen LogP contribution in [0.3, 0.4) is 0 Å². The summed E-state index contributed by atoms with van der Waals surface area (Å²) < 4.78 is 16.1. The molecule has 0 spiro atoms. The van der Waals surface area contributed by atoms with Crippen LogP contribution in [-0.4, -0.2) is 55.9 Å². The van der Waals surface area contributed by atoms with Gasteiger partial charge in [0, 0.05) is 36.6 Å². The third-order valence-electron chi connectivity index (χ3n) is 5.01. The number of morpholine rings is 1. The van der Waals surface area contributed by atoms with Gasteiger partial charge in [-0.15, -0.1) is 0 Å². The van der Waals surface area contributed by atoms with Crippen molar-refractivity contribution in [2.24, 2.45) is 0 Å². The van der Waals surface area contributed by atoms with Crippen LogP contribution in [0.5, 0.6) is 11.5 Å². The van der Waals surface area contributed by atoms with E-state index in [0.29, 0.717) is 42.0 Å². The number of carbonyl (C=O) groups excluding carboxylic acids is 1. The number of aromatic nitrogens is 2. The number of carbonyl (C=O) groups is 1. The van der Waals surface area contributed by atoms with Crippen molar-refractivity contribution in [2.75, 3.05) is 55.6 Å². The van der Waals surface area contributed by atoms with Crippen LogP contribution < -0.4 is 25.0 Å². The van der Waals surface area contributed by atoms with Crippen LogP contribution in [0.1, 0.15) is 5.82 Å². The number of nitrogens with one attached hydrogen (secondary N) is 2. The van der Waals surface area contributed by atoms with Crippen LogP contribution in [-0.2, 0) is 9.53 Å². The molecule has 1 fully saturated rings. The number of rotatable bonds is 8. The quantitative estimate of drug-likeness (QED) is 0.540. The van der Waals surface area contributed by atoms with Gasteiger partial charge >= 0.3 is 0 Å². The Labute approximate surface area is 192 Å². The van der Waals surface area contributed by atoms with E-state index in [1.807, 2.05) is 43.3 Å². The van der Waals surface area contributed by atoms with Gasteiger partial charge in [0.2, 0.25) is 0 Å². The molecule has 2 heterocycles. The first-order valence-electron chi connectivity index (χ1n) is 10.7. The Morgan fingerprint density at radius 1 is 1.03 bits per heavy atom. The second kappa shape index (κ2) is 10.6. The average molecular weight is 450 g/mol. The van der Waals surface area contributed by atoms with Crippen molar-refractivity contribution in [1.82, 2.24) is 9.97 Å². The molecule has 0 saturated carbocycles. The molecule has 172 valence electrons. The molecule has 0 atom stereocenters. The lowest BCUT2D eigenvalue weighted by Gasteiger charge is -2.28. The maximum absolute atomic E-state index is 12.2. The maximum Gasteiger partial charge on any atom is 0.262 e. The van der Waals surface area contributed by atoms with Gasteiger partial charge < -0.3 is 29.7 Å². The van der Waals surface area contributed by atoms with Gasteiger partial charge in [-0.2, -0.15) is 0 Å². The molecular weight excluding hydrogens is 422 g/mol. The summed E-state index contributed by atoms with van der Waals surface area (Å²) in [6.07, 6.45) is 0. The lowest BCUT2D eigenvalue weighted by molar-refractivity contribution is -0.118. The van der Waals surface area contributed by atoms with Crippen molar-refractivity contribution in [1.29, 1.82) is 0 Å². The highest BCUT2D eigenvalue weighted by molar-refractivity contribution is 5.92. The zero-order valence-electron chi connectivity index (χ0n) is 18.7. The lowest BCUT2D eigenvalue weighted by atomic mass is 10.2. The number of anilines is 4. The smallest absolute Gasteiger partial charge is 0.262 e. The molecule has 2 aromatic carbocycles. The second-order valence-corrected chi connectivity index (χ2v) is 7.48.